The van der Waals surface area contributed by atoms with Crippen LogP contribution in [-0.4, -0.2) is 43.2 Å². The molecule has 5 rings (SSSR count). The minimum Gasteiger partial charge on any atom is -0.480 e. The molecule has 0 bridgehead atoms. The number of hydrogen-bond donors (Lipinski definition) is 2. The molecule has 5 aromatic rings. The fourth-order valence-corrected chi connectivity index (χ4v) is 3.78. The second kappa shape index (κ2) is 11.0. The maximum Gasteiger partial charge on any atom is 0.314 e. The summed E-state index contributed by atoms with van der Waals surface area (Å²) in [5.41, 5.74) is 10.3. The van der Waals surface area contributed by atoms with E-state index < -0.39 is 18.2 Å². The van der Waals surface area contributed by atoms with Gasteiger partial charge < -0.3 is 20.2 Å². The lowest BCUT2D eigenvalue weighted by Crippen LogP contribution is -2.14. The Labute approximate surface area is 220 Å². The van der Waals surface area contributed by atoms with Crippen LogP contribution in [0.4, 0.5) is 14.5 Å². The molecule has 0 saturated heterocycles. The van der Waals surface area contributed by atoms with E-state index in [1.54, 1.807) is 29.1 Å². The highest BCUT2D eigenvalue weighted by Crippen LogP contribution is 2.24. The maximum absolute atomic E-state index is 12.7. The molecule has 0 radical (unpaired) electrons. The molecule has 0 saturated carbocycles. The van der Waals surface area contributed by atoms with E-state index in [-0.39, 0.29) is 17.3 Å². The number of aromatic nitrogens is 6. The van der Waals surface area contributed by atoms with Gasteiger partial charge in [0.05, 0.1) is 36.6 Å². The first-order valence-electron chi connectivity index (χ1n) is 11.7. The van der Waals surface area contributed by atoms with Crippen LogP contribution in [0.5, 0.6) is 5.88 Å². The van der Waals surface area contributed by atoms with Gasteiger partial charge >= 0.3 is 6.43 Å². The van der Waals surface area contributed by atoms with Gasteiger partial charge in [-0.05, 0) is 41.5 Å². The number of ether oxygens (including phenoxy) is 1. The van der Waals surface area contributed by atoms with Crippen LogP contribution in [0.3, 0.4) is 0 Å². The van der Waals surface area contributed by atoms with E-state index in [1.807, 2.05) is 42.6 Å². The van der Waals surface area contributed by atoms with Gasteiger partial charge in [0.1, 0.15) is 5.56 Å². The van der Waals surface area contributed by atoms with E-state index >= 15 is 0 Å². The Bertz CT molecular complexity index is 1580. The lowest BCUT2D eigenvalue weighted by atomic mass is 10.1. The zero-order valence-electron chi connectivity index (χ0n) is 20.6. The van der Waals surface area contributed by atoms with Crippen molar-refractivity contribution in [1.29, 1.82) is 0 Å². The number of nitrogens with two attached hydrogens (primary N) is 1. The van der Waals surface area contributed by atoms with Crippen LogP contribution in [0.15, 0.2) is 71.4 Å². The quantitative estimate of drug-likeness (QED) is 0.273. The van der Waals surface area contributed by atoms with Gasteiger partial charge in [0.25, 0.3) is 11.8 Å². The number of rotatable bonds is 10. The predicted octanol–water partition coefficient (Wildman–Crippen LogP) is 3.96. The summed E-state index contributed by atoms with van der Waals surface area (Å²) in [6, 6.07) is 16.5. The van der Waals surface area contributed by atoms with Crippen LogP contribution >= 0.6 is 0 Å². The highest BCUT2D eigenvalue weighted by Gasteiger charge is 2.17. The number of primary amides is 1. The molecule has 2 aromatic carbocycles. The molecule has 0 aliphatic heterocycles. The van der Waals surface area contributed by atoms with E-state index in [0.29, 0.717) is 24.2 Å². The highest BCUT2D eigenvalue weighted by molar-refractivity contribution is 5.95. The Hall–Kier alpha value is -5.20. The summed E-state index contributed by atoms with van der Waals surface area (Å²) >= 11 is 0. The lowest BCUT2D eigenvalue weighted by molar-refractivity contribution is 0.0996. The molecule has 0 spiro atoms. The molecule has 0 aliphatic carbocycles. The summed E-state index contributed by atoms with van der Waals surface area (Å²) in [6.07, 6.45) is 1.12. The fraction of sp³-hybridized carbons (Fsp3) is 0.154. The average Bonchev–Trinajstić information content (AvgIpc) is 3.63. The largest absolute Gasteiger partial charge is 0.480 e. The average molecular weight is 533 g/mol. The number of pyridine rings is 1. The molecule has 0 unspecified atom stereocenters. The van der Waals surface area contributed by atoms with Gasteiger partial charge in [0.15, 0.2) is 0 Å². The number of anilines is 1. The number of hydrogen-bond acceptors (Lipinski definition) is 9. The van der Waals surface area contributed by atoms with E-state index in [9.17, 15) is 13.6 Å². The number of methoxy groups -OCH3 is 1. The third kappa shape index (κ3) is 5.87. The SMILES string of the molecule is COc1ncc(NCc2ccc(-n3cc(Cc4ccc(-c5nnc(C(F)F)o5)cc4)nn3)cc2)cc1C(N)=O. The van der Waals surface area contributed by atoms with Crippen LogP contribution in [0.2, 0.25) is 0 Å². The van der Waals surface area contributed by atoms with Crippen LogP contribution in [-0.2, 0) is 13.0 Å². The van der Waals surface area contributed by atoms with Gasteiger partial charge in [-0.25, -0.2) is 9.67 Å². The van der Waals surface area contributed by atoms with Crippen molar-refractivity contribution in [1.82, 2.24) is 30.2 Å². The van der Waals surface area contributed by atoms with Crippen molar-refractivity contribution < 1.29 is 22.7 Å². The number of alkyl halides is 2. The third-order valence-corrected chi connectivity index (χ3v) is 5.76. The summed E-state index contributed by atoms with van der Waals surface area (Å²) in [5.74, 6) is -1.11. The number of carbonyl (C=O) groups is 1. The summed E-state index contributed by atoms with van der Waals surface area (Å²) < 4.78 is 37.1. The van der Waals surface area contributed by atoms with E-state index in [1.165, 1.54) is 7.11 Å². The van der Waals surface area contributed by atoms with Crippen LogP contribution < -0.4 is 15.8 Å². The van der Waals surface area contributed by atoms with Crippen molar-refractivity contribution in [3.8, 4) is 23.0 Å². The highest BCUT2D eigenvalue weighted by atomic mass is 19.3. The third-order valence-electron chi connectivity index (χ3n) is 5.76. The summed E-state index contributed by atoms with van der Waals surface area (Å²) in [5, 5.41) is 18.7. The van der Waals surface area contributed by atoms with Gasteiger partial charge in [-0.3, -0.25) is 4.79 Å². The summed E-state index contributed by atoms with van der Waals surface area (Å²) in [4.78, 5) is 15.7. The smallest absolute Gasteiger partial charge is 0.314 e. The van der Waals surface area contributed by atoms with Crippen molar-refractivity contribution in [3.05, 3.63) is 95.3 Å². The molecule has 0 fully saturated rings. The van der Waals surface area contributed by atoms with Gasteiger partial charge in [-0.1, -0.05) is 29.5 Å². The Morgan fingerprint density at radius 1 is 1.08 bits per heavy atom. The molecule has 3 heterocycles. The fourth-order valence-electron chi connectivity index (χ4n) is 3.78. The first-order chi connectivity index (χ1) is 18.9. The second-order valence-corrected chi connectivity index (χ2v) is 8.44. The Balaban J connectivity index is 1.19. The standard InChI is InChI=1S/C26H22F2N8O3/c1-38-25-21(23(29)37)11-18(13-31-25)30-12-16-4-8-20(9-5-16)36-14-19(32-35-36)10-15-2-6-17(7-3-15)24-33-34-26(39-24)22(27)28/h2-9,11,13-14,22,30H,10,12H2,1H3,(H2,29,37). The number of halogens is 2. The van der Waals surface area contributed by atoms with Crippen molar-refractivity contribution in [3.63, 3.8) is 0 Å². The first-order valence-corrected chi connectivity index (χ1v) is 11.7. The topological polar surface area (TPSA) is 147 Å². The van der Waals surface area contributed by atoms with E-state index in [0.717, 1.165) is 22.5 Å². The van der Waals surface area contributed by atoms with Crippen LogP contribution in [0.1, 0.15) is 39.5 Å². The molecular weight excluding hydrogens is 510 g/mol. The lowest BCUT2D eigenvalue weighted by Gasteiger charge is -2.10. The van der Waals surface area contributed by atoms with Crippen molar-refractivity contribution >= 4 is 11.6 Å². The number of nitrogens with zero attached hydrogens (tertiary/aromatic N) is 6. The molecule has 3 aromatic heterocycles. The summed E-state index contributed by atoms with van der Waals surface area (Å²) in [7, 11) is 1.42. The molecule has 0 atom stereocenters. The van der Waals surface area contributed by atoms with E-state index in [2.05, 4.69) is 30.8 Å². The van der Waals surface area contributed by atoms with E-state index in [4.69, 9.17) is 14.9 Å². The molecule has 11 nitrogen and oxygen atoms in total. The number of carbonyl (C=O) groups excluding carboxylic acids is 1. The van der Waals surface area contributed by atoms with Crippen LogP contribution in [0.25, 0.3) is 17.1 Å². The minimum absolute atomic E-state index is 0.0394. The molecule has 39 heavy (non-hydrogen) atoms. The number of benzene rings is 2. The Morgan fingerprint density at radius 2 is 1.82 bits per heavy atom. The van der Waals surface area contributed by atoms with Crippen LogP contribution in [0, 0.1) is 0 Å². The molecule has 198 valence electrons. The van der Waals surface area contributed by atoms with Gasteiger partial charge in [0, 0.05) is 18.5 Å². The zero-order chi connectivity index (χ0) is 27.4. The molecule has 13 heteroatoms. The maximum atomic E-state index is 12.7. The monoisotopic (exact) mass is 532 g/mol. The number of nitrogens with one attached hydrogen (secondary N) is 1. The Morgan fingerprint density at radius 3 is 2.49 bits per heavy atom. The predicted molar refractivity (Wildman–Crippen MR) is 135 cm³/mol. The minimum atomic E-state index is -2.81. The number of amides is 1. The molecule has 1 amide bonds. The normalized spacial score (nSPS) is 11.1. The Kier molecular flexibility index (Phi) is 7.21. The van der Waals surface area contributed by atoms with Gasteiger partial charge in [-0.2, -0.15) is 8.78 Å². The molecule has 3 N–H and O–H groups in total. The summed E-state index contributed by atoms with van der Waals surface area (Å²) in [6.45, 7) is 0.498. The molecular formula is C26H22F2N8O3. The second-order valence-electron chi connectivity index (χ2n) is 8.44. The van der Waals surface area contributed by atoms with Gasteiger partial charge in [0.2, 0.25) is 11.8 Å². The van der Waals surface area contributed by atoms with Crippen molar-refractivity contribution in [2.24, 2.45) is 5.73 Å². The van der Waals surface area contributed by atoms with Crippen molar-refractivity contribution in [2.75, 3.05) is 12.4 Å². The first kappa shape index (κ1) is 25.4. The zero-order valence-corrected chi connectivity index (χ0v) is 20.6. The van der Waals surface area contributed by atoms with Crippen molar-refractivity contribution in [2.45, 2.75) is 19.4 Å². The van der Waals surface area contributed by atoms with Gasteiger partial charge in [-0.15, -0.1) is 15.3 Å². The molecule has 0 aliphatic rings.